The average molecular weight is 407 g/mol. The van der Waals surface area contributed by atoms with Crippen LogP contribution >= 0.6 is 0 Å². The number of anilines is 1. The molecule has 2 aromatic heterocycles. The summed E-state index contributed by atoms with van der Waals surface area (Å²) >= 11 is 0. The van der Waals surface area contributed by atoms with E-state index in [1.54, 1.807) is 41.0 Å². The van der Waals surface area contributed by atoms with E-state index in [1.807, 2.05) is 0 Å². The van der Waals surface area contributed by atoms with Crippen molar-refractivity contribution in [3.05, 3.63) is 77.5 Å². The predicted octanol–water partition coefficient (Wildman–Crippen LogP) is 2.47. The molecule has 0 aliphatic heterocycles. The minimum Gasteiger partial charge on any atom is -0.475 e. The van der Waals surface area contributed by atoms with Gasteiger partial charge >= 0.3 is 5.97 Å². The number of para-hydroxylation sites is 1. The summed E-state index contributed by atoms with van der Waals surface area (Å²) in [6, 6.07) is 13.1. The highest BCUT2D eigenvalue weighted by Crippen LogP contribution is 2.23. The maximum absolute atomic E-state index is 13.5. The number of aromatic nitrogens is 4. The van der Waals surface area contributed by atoms with Crippen molar-refractivity contribution in [2.24, 2.45) is 0 Å². The predicted molar refractivity (Wildman–Crippen MR) is 104 cm³/mol. The monoisotopic (exact) mass is 407 g/mol. The minimum absolute atomic E-state index is 0.147. The van der Waals surface area contributed by atoms with Crippen LogP contribution in [0.3, 0.4) is 0 Å². The lowest BCUT2D eigenvalue weighted by molar-refractivity contribution is -0.112. The van der Waals surface area contributed by atoms with Gasteiger partial charge in [0.05, 0.1) is 5.56 Å². The average Bonchev–Trinajstić information content (AvgIpc) is 3.33. The second-order valence-corrected chi connectivity index (χ2v) is 6.41. The van der Waals surface area contributed by atoms with Crippen LogP contribution in [0.15, 0.2) is 54.7 Å². The number of ketones is 1. The first-order chi connectivity index (χ1) is 14.4. The number of carbonyl (C=O) groups is 3. The quantitative estimate of drug-likeness (QED) is 0.333. The van der Waals surface area contributed by atoms with Gasteiger partial charge in [-0.3, -0.25) is 20.0 Å². The molecule has 0 aliphatic rings. The van der Waals surface area contributed by atoms with Gasteiger partial charge in [-0.1, -0.05) is 30.3 Å². The fraction of sp³-hybridized carbons (Fsp3) is 0.0500. The number of Topliss-reactive ketones (excluding diaryl/α,β-unsaturated/α-hetero) is 1. The van der Waals surface area contributed by atoms with Crippen molar-refractivity contribution in [2.45, 2.75) is 6.54 Å². The van der Waals surface area contributed by atoms with Crippen LogP contribution in [-0.2, 0) is 11.3 Å². The summed E-state index contributed by atoms with van der Waals surface area (Å²) in [5, 5.41) is 17.2. The molecule has 30 heavy (non-hydrogen) atoms. The molecule has 0 radical (unpaired) electrons. The second-order valence-electron chi connectivity index (χ2n) is 6.41. The Bertz CT molecular complexity index is 1290. The highest BCUT2D eigenvalue weighted by atomic mass is 19.1. The van der Waals surface area contributed by atoms with Gasteiger partial charge in [0.2, 0.25) is 11.8 Å². The smallest absolute Gasteiger partial charge is 0.373 e. The molecule has 4 rings (SSSR count). The number of amides is 1. The Hall–Kier alpha value is -4.34. The van der Waals surface area contributed by atoms with E-state index in [9.17, 15) is 18.8 Å². The van der Waals surface area contributed by atoms with Crippen molar-refractivity contribution >= 4 is 34.5 Å². The molecule has 4 aromatic rings. The van der Waals surface area contributed by atoms with Gasteiger partial charge in [0.15, 0.2) is 0 Å². The Morgan fingerprint density at radius 3 is 2.67 bits per heavy atom. The summed E-state index contributed by atoms with van der Waals surface area (Å²) in [6.07, 6.45) is 1.53. The first-order valence-corrected chi connectivity index (χ1v) is 8.76. The number of hydrogen-bond donors (Lipinski definition) is 3. The van der Waals surface area contributed by atoms with Gasteiger partial charge in [-0.25, -0.2) is 9.18 Å². The third kappa shape index (κ3) is 3.65. The van der Waals surface area contributed by atoms with E-state index in [0.717, 1.165) is 0 Å². The molecule has 9 nitrogen and oxygen atoms in total. The van der Waals surface area contributed by atoms with Crippen LogP contribution in [-0.4, -0.2) is 42.5 Å². The van der Waals surface area contributed by atoms with Crippen LogP contribution < -0.4 is 5.32 Å². The van der Waals surface area contributed by atoms with Crippen molar-refractivity contribution in [1.29, 1.82) is 0 Å². The number of nitrogens with one attached hydrogen (secondary N) is 2. The SMILES string of the molecule is O=C(Nc1n[nH]c(C(=O)O)n1)C(=O)c1cn(Cc2cccc(F)c2)c2ccccc12. The molecule has 3 N–H and O–H groups in total. The number of aromatic carboxylic acids is 1. The number of halogens is 1. The maximum atomic E-state index is 13.5. The summed E-state index contributed by atoms with van der Waals surface area (Å²) in [5.74, 6) is -4.37. The zero-order valence-corrected chi connectivity index (χ0v) is 15.3. The van der Waals surface area contributed by atoms with Crippen LogP contribution in [0.4, 0.5) is 10.3 Å². The minimum atomic E-state index is -1.35. The molecule has 150 valence electrons. The van der Waals surface area contributed by atoms with E-state index >= 15 is 0 Å². The lowest BCUT2D eigenvalue weighted by Crippen LogP contribution is -2.23. The Labute approximate surface area is 168 Å². The number of fused-ring (bicyclic) bond motifs is 1. The molecule has 1 amide bonds. The highest BCUT2D eigenvalue weighted by Gasteiger charge is 2.23. The van der Waals surface area contributed by atoms with Gasteiger partial charge < -0.3 is 9.67 Å². The third-order valence-electron chi connectivity index (χ3n) is 4.39. The highest BCUT2D eigenvalue weighted by molar-refractivity contribution is 6.48. The maximum Gasteiger partial charge on any atom is 0.373 e. The van der Waals surface area contributed by atoms with Crippen LogP contribution in [0.25, 0.3) is 10.9 Å². The molecule has 0 unspecified atom stereocenters. The lowest BCUT2D eigenvalue weighted by atomic mass is 10.1. The first-order valence-electron chi connectivity index (χ1n) is 8.76. The topological polar surface area (TPSA) is 130 Å². The molecule has 0 spiro atoms. The Morgan fingerprint density at radius 2 is 1.93 bits per heavy atom. The lowest BCUT2D eigenvalue weighted by Gasteiger charge is -2.05. The van der Waals surface area contributed by atoms with Crippen molar-refractivity contribution < 1.29 is 23.9 Å². The van der Waals surface area contributed by atoms with Crippen molar-refractivity contribution in [3.63, 3.8) is 0 Å². The van der Waals surface area contributed by atoms with Crippen LogP contribution in [0.2, 0.25) is 0 Å². The number of rotatable bonds is 6. The fourth-order valence-electron chi connectivity index (χ4n) is 3.08. The number of nitrogens with zero attached hydrogens (tertiary/aromatic N) is 3. The van der Waals surface area contributed by atoms with Crippen molar-refractivity contribution in [1.82, 2.24) is 19.7 Å². The number of hydrogen-bond acceptors (Lipinski definition) is 5. The number of aromatic amines is 1. The summed E-state index contributed by atoms with van der Waals surface area (Å²) in [6.45, 7) is 0.302. The van der Waals surface area contributed by atoms with Crippen LogP contribution in [0.1, 0.15) is 26.5 Å². The molecular formula is C20H14FN5O4. The van der Waals surface area contributed by atoms with E-state index in [1.165, 1.54) is 18.3 Å². The van der Waals surface area contributed by atoms with Crippen LogP contribution in [0, 0.1) is 5.82 Å². The fourth-order valence-corrected chi connectivity index (χ4v) is 3.08. The second kappa shape index (κ2) is 7.59. The van der Waals surface area contributed by atoms with E-state index in [-0.39, 0.29) is 17.3 Å². The molecule has 0 saturated carbocycles. The van der Waals surface area contributed by atoms with Gasteiger partial charge in [0.25, 0.3) is 11.7 Å². The summed E-state index contributed by atoms with van der Waals surface area (Å²) in [7, 11) is 0. The number of H-pyrrole nitrogens is 1. The largest absolute Gasteiger partial charge is 0.475 e. The molecule has 0 aliphatic carbocycles. The first kappa shape index (κ1) is 19.0. The molecule has 0 saturated heterocycles. The van der Waals surface area contributed by atoms with Crippen molar-refractivity contribution in [3.8, 4) is 0 Å². The zero-order valence-electron chi connectivity index (χ0n) is 15.3. The molecular weight excluding hydrogens is 393 g/mol. The van der Waals surface area contributed by atoms with Gasteiger partial charge in [0.1, 0.15) is 5.82 Å². The molecule has 10 heteroatoms. The van der Waals surface area contributed by atoms with E-state index in [4.69, 9.17) is 5.11 Å². The normalized spacial score (nSPS) is 10.8. The van der Waals surface area contributed by atoms with E-state index in [0.29, 0.717) is 23.0 Å². The van der Waals surface area contributed by atoms with Crippen LogP contribution in [0.5, 0.6) is 0 Å². The number of carboxylic acid groups (broad SMARTS) is 1. The summed E-state index contributed by atoms with van der Waals surface area (Å²) in [4.78, 5) is 39.5. The molecule has 0 bridgehead atoms. The number of carboxylic acids is 1. The van der Waals surface area contributed by atoms with E-state index in [2.05, 4.69) is 20.5 Å². The molecule has 0 fully saturated rings. The number of benzene rings is 2. The van der Waals surface area contributed by atoms with E-state index < -0.39 is 23.5 Å². The Kier molecular flexibility index (Phi) is 4.80. The standard InChI is InChI=1S/C20H14FN5O4/c21-12-5-3-4-11(8-12)9-26-10-14(13-6-1-2-7-15(13)26)16(27)18(28)23-20-22-17(19(29)30)24-25-20/h1-8,10H,9H2,(H,29,30)(H2,22,23,24,25,28). The summed E-state index contributed by atoms with van der Waals surface area (Å²) in [5.41, 5.74) is 1.54. The third-order valence-corrected chi connectivity index (χ3v) is 4.39. The Morgan fingerprint density at radius 1 is 1.13 bits per heavy atom. The van der Waals surface area contributed by atoms with Gasteiger partial charge in [-0.2, -0.15) is 4.98 Å². The van der Waals surface area contributed by atoms with Gasteiger partial charge in [-0.05, 0) is 23.8 Å². The number of carbonyl (C=O) groups excluding carboxylic acids is 2. The molecule has 0 atom stereocenters. The summed E-state index contributed by atoms with van der Waals surface area (Å²) < 4.78 is 15.3. The Balaban J connectivity index is 1.63. The zero-order chi connectivity index (χ0) is 21.3. The van der Waals surface area contributed by atoms with Crippen molar-refractivity contribution in [2.75, 3.05) is 5.32 Å². The van der Waals surface area contributed by atoms with Gasteiger partial charge in [-0.15, -0.1) is 5.10 Å². The molecule has 2 heterocycles. The molecule has 2 aromatic carbocycles. The van der Waals surface area contributed by atoms with Gasteiger partial charge in [0, 0.05) is 23.6 Å².